The summed E-state index contributed by atoms with van der Waals surface area (Å²) in [7, 11) is 0. The minimum Gasteiger partial charge on any atom is -0.288 e. The molecule has 0 N–H and O–H groups in total. The molecule has 17 heavy (non-hydrogen) atoms. The lowest BCUT2D eigenvalue weighted by Gasteiger charge is -2.03. The van der Waals surface area contributed by atoms with Gasteiger partial charge in [-0.25, -0.2) is 4.39 Å². The normalized spacial score (nSPS) is 11.2. The van der Waals surface area contributed by atoms with E-state index in [2.05, 4.69) is 20.9 Å². The Balaban J connectivity index is 2.69. The first-order valence-corrected chi connectivity index (χ1v) is 6.44. The smallest absolute Gasteiger partial charge is 0.200 e. The Morgan fingerprint density at radius 2 is 2.12 bits per heavy atom. The van der Waals surface area contributed by atoms with Crippen LogP contribution < -0.4 is 5.43 Å². The molecule has 0 spiro atoms. The zero-order chi connectivity index (χ0) is 12.0. The lowest BCUT2D eigenvalue weighted by atomic mass is 10.2. The van der Waals surface area contributed by atoms with Crippen molar-refractivity contribution in [1.82, 2.24) is 4.98 Å². The molecule has 0 aliphatic carbocycles. The molecule has 1 aromatic carbocycles. The van der Waals surface area contributed by atoms with Crippen LogP contribution in [-0.2, 0) is 0 Å². The number of halogens is 2. The summed E-state index contributed by atoms with van der Waals surface area (Å²) in [5.74, 6) is -0.491. The van der Waals surface area contributed by atoms with Crippen molar-refractivity contribution in [2.24, 2.45) is 0 Å². The minimum absolute atomic E-state index is 0.130. The van der Waals surface area contributed by atoms with Gasteiger partial charge in [-0.15, -0.1) is 11.3 Å². The second-order valence-corrected chi connectivity index (χ2v) is 5.44. The molecule has 0 unspecified atom stereocenters. The number of rotatable bonds is 0. The van der Waals surface area contributed by atoms with E-state index in [4.69, 9.17) is 0 Å². The molecule has 2 nitrogen and oxygen atoms in total. The molecule has 0 fully saturated rings. The maximum atomic E-state index is 13.7. The van der Waals surface area contributed by atoms with Crippen LogP contribution in [0.2, 0.25) is 0 Å². The van der Waals surface area contributed by atoms with Gasteiger partial charge in [0.05, 0.1) is 15.5 Å². The molecule has 0 saturated carbocycles. The Labute approximate surface area is 108 Å². The van der Waals surface area contributed by atoms with Crippen LogP contribution in [0.25, 0.3) is 20.2 Å². The fourth-order valence-electron chi connectivity index (χ4n) is 1.73. The van der Waals surface area contributed by atoms with E-state index in [0.29, 0.717) is 10.1 Å². The van der Waals surface area contributed by atoms with Crippen molar-refractivity contribution < 1.29 is 4.39 Å². The summed E-state index contributed by atoms with van der Waals surface area (Å²) in [6.45, 7) is 0. The van der Waals surface area contributed by atoms with Crippen LogP contribution in [-0.4, -0.2) is 4.98 Å². The molecular formula is C12H5BrFNOS. The predicted octanol–water partition coefficient (Wildman–Crippen LogP) is 3.71. The van der Waals surface area contributed by atoms with Crippen LogP contribution in [0.1, 0.15) is 0 Å². The Morgan fingerprint density at radius 3 is 2.94 bits per heavy atom. The van der Waals surface area contributed by atoms with Crippen LogP contribution in [0, 0.1) is 5.82 Å². The zero-order valence-corrected chi connectivity index (χ0v) is 10.8. The van der Waals surface area contributed by atoms with E-state index in [9.17, 15) is 9.18 Å². The highest BCUT2D eigenvalue weighted by atomic mass is 79.9. The third kappa shape index (κ3) is 1.57. The third-order valence-corrected chi connectivity index (χ3v) is 4.65. The molecule has 0 aliphatic heterocycles. The van der Waals surface area contributed by atoms with Crippen molar-refractivity contribution in [3.63, 3.8) is 0 Å². The summed E-state index contributed by atoms with van der Waals surface area (Å²) < 4.78 is 15.9. The minimum atomic E-state index is -0.491. The van der Waals surface area contributed by atoms with Gasteiger partial charge in [0.15, 0.2) is 5.43 Å². The van der Waals surface area contributed by atoms with Crippen LogP contribution >= 0.6 is 27.3 Å². The fraction of sp³-hybridized carbons (Fsp3) is 0. The average molecular weight is 310 g/mol. The third-order valence-electron chi connectivity index (χ3n) is 2.52. The Morgan fingerprint density at radius 1 is 1.29 bits per heavy atom. The number of pyridine rings is 1. The monoisotopic (exact) mass is 309 g/mol. The van der Waals surface area contributed by atoms with E-state index < -0.39 is 5.82 Å². The Hall–Kier alpha value is -1.33. The Bertz CT molecular complexity index is 799. The van der Waals surface area contributed by atoms with Crippen LogP contribution in [0.4, 0.5) is 4.39 Å². The van der Waals surface area contributed by atoms with Crippen molar-refractivity contribution in [1.29, 1.82) is 0 Å². The highest BCUT2D eigenvalue weighted by Gasteiger charge is 2.12. The number of fused-ring (bicyclic) bond motifs is 2. The van der Waals surface area contributed by atoms with E-state index in [0.717, 1.165) is 9.17 Å². The summed E-state index contributed by atoms with van der Waals surface area (Å²) in [5.41, 5.74) is -0.305. The first-order chi connectivity index (χ1) is 8.18. The molecule has 84 valence electrons. The van der Waals surface area contributed by atoms with Crippen LogP contribution in [0.3, 0.4) is 0 Å². The molecular weight excluding hydrogens is 305 g/mol. The predicted molar refractivity (Wildman–Crippen MR) is 71.1 cm³/mol. The lowest BCUT2D eigenvalue weighted by Crippen LogP contribution is -2.03. The fourth-order valence-corrected chi connectivity index (χ4v) is 3.37. The highest BCUT2D eigenvalue weighted by molar-refractivity contribution is 9.10. The van der Waals surface area contributed by atoms with Crippen molar-refractivity contribution in [2.75, 3.05) is 0 Å². The van der Waals surface area contributed by atoms with E-state index >= 15 is 0 Å². The van der Waals surface area contributed by atoms with E-state index in [1.54, 1.807) is 18.3 Å². The summed E-state index contributed by atoms with van der Waals surface area (Å²) in [4.78, 5) is 16.1. The van der Waals surface area contributed by atoms with Crippen molar-refractivity contribution in [3.8, 4) is 0 Å². The van der Waals surface area contributed by atoms with Gasteiger partial charge in [0.25, 0.3) is 0 Å². The van der Waals surface area contributed by atoms with Gasteiger partial charge in [-0.2, -0.15) is 0 Å². The standard InChI is InChI=1S/C12H5BrFNOS/c13-7-1-2-8(14)10-11(16)6-5-15-4-3-9(6)17-12(7)10/h1-5H. The molecule has 0 radical (unpaired) electrons. The van der Waals surface area contributed by atoms with E-state index in [1.807, 2.05) is 0 Å². The zero-order valence-electron chi connectivity index (χ0n) is 8.41. The van der Waals surface area contributed by atoms with Gasteiger partial charge >= 0.3 is 0 Å². The number of benzene rings is 1. The average Bonchev–Trinajstić information content (AvgIpc) is 2.34. The van der Waals surface area contributed by atoms with Gasteiger partial charge < -0.3 is 0 Å². The van der Waals surface area contributed by atoms with E-state index in [-0.39, 0.29) is 10.8 Å². The summed E-state index contributed by atoms with van der Waals surface area (Å²) in [6.07, 6.45) is 3.10. The molecule has 5 heteroatoms. The summed E-state index contributed by atoms with van der Waals surface area (Å²) >= 11 is 4.72. The molecule has 0 amide bonds. The van der Waals surface area contributed by atoms with Crippen molar-refractivity contribution >= 4 is 47.4 Å². The molecule has 0 atom stereocenters. The van der Waals surface area contributed by atoms with Gasteiger partial charge in [-0.05, 0) is 34.1 Å². The quantitative estimate of drug-likeness (QED) is 0.593. The summed E-state index contributed by atoms with van der Waals surface area (Å²) in [6, 6.07) is 4.67. The molecule has 3 aromatic rings. The SMILES string of the molecule is O=c1c2cnccc2sc2c(Br)ccc(F)c12. The molecule has 0 aliphatic rings. The lowest BCUT2D eigenvalue weighted by molar-refractivity contribution is 0.639. The second kappa shape index (κ2) is 3.85. The molecule has 0 bridgehead atoms. The molecule has 3 rings (SSSR count). The highest BCUT2D eigenvalue weighted by Crippen LogP contribution is 2.31. The van der Waals surface area contributed by atoms with Gasteiger partial charge in [0.1, 0.15) is 5.82 Å². The molecule has 0 saturated heterocycles. The first kappa shape index (κ1) is 10.8. The van der Waals surface area contributed by atoms with Gasteiger partial charge in [-0.1, -0.05) is 0 Å². The first-order valence-electron chi connectivity index (χ1n) is 4.83. The second-order valence-electron chi connectivity index (χ2n) is 3.54. The van der Waals surface area contributed by atoms with Crippen molar-refractivity contribution in [2.45, 2.75) is 0 Å². The molecule has 2 aromatic heterocycles. The van der Waals surface area contributed by atoms with Crippen LogP contribution in [0.5, 0.6) is 0 Å². The van der Waals surface area contributed by atoms with Crippen LogP contribution in [0.15, 0.2) is 39.9 Å². The van der Waals surface area contributed by atoms with Gasteiger partial charge in [-0.3, -0.25) is 9.78 Å². The van der Waals surface area contributed by atoms with E-state index in [1.165, 1.54) is 23.6 Å². The van der Waals surface area contributed by atoms with Crippen molar-refractivity contribution in [3.05, 3.63) is 51.1 Å². The maximum absolute atomic E-state index is 13.7. The number of aromatic nitrogens is 1. The van der Waals surface area contributed by atoms with Gasteiger partial charge in [0, 0.05) is 21.6 Å². The van der Waals surface area contributed by atoms with Gasteiger partial charge in [0.2, 0.25) is 0 Å². The molecule has 2 heterocycles. The maximum Gasteiger partial charge on any atom is 0.200 e. The number of hydrogen-bond donors (Lipinski definition) is 0. The number of hydrogen-bond acceptors (Lipinski definition) is 3. The number of nitrogens with zero attached hydrogens (tertiary/aromatic N) is 1. The largest absolute Gasteiger partial charge is 0.288 e. The topological polar surface area (TPSA) is 30.0 Å². The Kier molecular flexibility index (Phi) is 2.45. The summed E-state index contributed by atoms with van der Waals surface area (Å²) in [5, 5.41) is 0.590.